The van der Waals surface area contributed by atoms with Crippen LogP contribution in [-0.4, -0.2) is 33.8 Å². The second-order valence-corrected chi connectivity index (χ2v) is 7.20. The van der Waals surface area contributed by atoms with Crippen molar-refractivity contribution in [3.8, 4) is 0 Å². The third kappa shape index (κ3) is 4.03. The summed E-state index contributed by atoms with van der Waals surface area (Å²) in [5.74, 6) is 0.223. The zero-order valence-electron chi connectivity index (χ0n) is 10.5. The Morgan fingerprint density at radius 3 is 2.56 bits per heavy atom. The van der Waals surface area contributed by atoms with Crippen molar-refractivity contribution in [3.05, 3.63) is 0 Å². The summed E-state index contributed by atoms with van der Waals surface area (Å²) in [6, 6.07) is 0.118. The van der Waals surface area contributed by atoms with Crippen LogP contribution < -0.4 is 10.0 Å². The van der Waals surface area contributed by atoms with Crippen LogP contribution in [0, 0.1) is 5.41 Å². The van der Waals surface area contributed by atoms with Crippen LogP contribution in [0.5, 0.6) is 0 Å². The Morgan fingerprint density at radius 2 is 2.06 bits per heavy atom. The topological polar surface area (TPSA) is 58.2 Å². The van der Waals surface area contributed by atoms with Crippen LogP contribution in [0.2, 0.25) is 0 Å². The van der Waals surface area contributed by atoms with E-state index in [2.05, 4.69) is 23.9 Å². The van der Waals surface area contributed by atoms with Crippen molar-refractivity contribution in [2.45, 2.75) is 45.6 Å². The maximum atomic E-state index is 11.8. The molecule has 1 aliphatic carbocycles. The van der Waals surface area contributed by atoms with Crippen LogP contribution in [0.3, 0.4) is 0 Å². The SMILES string of the molecule is CNCCCS(=O)(=O)NC1CCCC1(C)C. The van der Waals surface area contributed by atoms with Gasteiger partial charge in [-0.1, -0.05) is 20.3 Å². The van der Waals surface area contributed by atoms with E-state index in [-0.39, 0.29) is 17.2 Å². The van der Waals surface area contributed by atoms with Crippen molar-refractivity contribution in [1.29, 1.82) is 0 Å². The van der Waals surface area contributed by atoms with E-state index in [4.69, 9.17) is 0 Å². The number of hydrogen-bond acceptors (Lipinski definition) is 3. The Kier molecular flexibility index (Phi) is 4.76. The Balaban J connectivity index is 2.46. The van der Waals surface area contributed by atoms with E-state index >= 15 is 0 Å². The lowest BCUT2D eigenvalue weighted by Gasteiger charge is -2.27. The molecule has 0 aromatic carbocycles. The predicted octanol–water partition coefficient (Wildman–Crippen LogP) is 1.09. The van der Waals surface area contributed by atoms with Crippen molar-refractivity contribution in [3.63, 3.8) is 0 Å². The minimum atomic E-state index is -3.10. The maximum absolute atomic E-state index is 11.8. The van der Waals surface area contributed by atoms with Gasteiger partial charge < -0.3 is 5.32 Å². The third-order valence-electron chi connectivity index (χ3n) is 3.42. The predicted molar refractivity (Wildman–Crippen MR) is 66.9 cm³/mol. The van der Waals surface area contributed by atoms with Crippen molar-refractivity contribution in [2.24, 2.45) is 5.41 Å². The van der Waals surface area contributed by atoms with Gasteiger partial charge in [0.1, 0.15) is 0 Å². The second-order valence-electron chi connectivity index (χ2n) is 5.33. The summed E-state index contributed by atoms with van der Waals surface area (Å²) in [6.07, 6.45) is 3.87. The van der Waals surface area contributed by atoms with Crippen molar-refractivity contribution in [2.75, 3.05) is 19.3 Å². The smallest absolute Gasteiger partial charge is 0.211 e. The molecule has 0 aromatic rings. The van der Waals surface area contributed by atoms with Crippen LogP contribution in [0.25, 0.3) is 0 Å². The first kappa shape index (κ1) is 13.9. The van der Waals surface area contributed by atoms with Crippen LogP contribution in [0.15, 0.2) is 0 Å². The molecule has 1 atom stereocenters. The van der Waals surface area contributed by atoms with Gasteiger partial charge in [0.05, 0.1) is 5.75 Å². The average Bonchev–Trinajstić information content (AvgIpc) is 2.45. The van der Waals surface area contributed by atoms with Gasteiger partial charge in [-0.05, 0) is 38.3 Å². The molecule has 0 radical (unpaired) electrons. The van der Waals surface area contributed by atoms with Gasteiger partial charge >= 0.3 is 0 Å². The third-order valence-corrected chi connectivity index (χ3v) is 4.89. The van der Waals surface area contributed by atoms with Crippen LogP contribution in [0.1, 0.15) is 39.5 Å². The first-order valence-corrected chi connectivity index (χ1v) is 7.67. The second kappa shape index (κ2) is 5.47. The summed E-state index contributed by atoms with van der Waals surface area (Å²) in [7, 11) is -1.26. The standard InChI is InChI=1S/C11H24N2O2S/c1-11(2)7-4-6-10(11)13-16(14,15)9-5-8-12-3/h10,12-13H,4-9H2,1-3H3. The average molecular weight is 248 g/mol. The van der Waals surface area contributed by atoms with Crippen molar-refractivity contribution < 1.29 is 8.42 Å². The molecule has 0 bridgehead atoms. The maximum Gasteiger partial charge on any atom is 0.211 e. The quantitative estimate of drug-likeness (QED) is 0.692. The Labute approximate surface area is 99.2 Å². The molecule has 5 heteroatoms. The van der Waals surface area contributed by atoms with Gasteiger partial charge in [0, 0.05) is 6.04 Å². The van der Waals surface area contributed by atoms with E-state index < -0.39 is 10.0 Å². The molecule has 0 heterocycles. The van der Waals surface area contributed by atoms with Crippen LogP contribution in [-0.2, 0) is 10.0 Å². The van der Waals surface area contributed by atoms with E-state index in [1.165, 1.54) is 0 Å². The van der Waals surface area contributed by atoms with Crippen LogP contribution in [0.4, 0.5) is 0 Å². The zero-order valence-corrected chi connectivity index (χ0v) is 11.4. The van der Waals surface area contributed by atoms with E-state index in [9.17, 15) is 8.42 Å². The van der Waals surface area contributed by atoms with Gasteiger partial charge in [-0.3, -0.25) is 0 Å². The fourth-order valence-electron chi connectivity index (χ4n) is 2.26. The lowest BCUT2D eigenvalue weighted by atomic mass is 9.88. The van der Waals surface area contributed by atoms with E-state index in [0.29, 0.717) is 6.42 Å². The molecule has 0 spiro atoms. The minimum Gasteiger partial charge on any atom is -0.320 e. The highest BCUT2D eigenvalue weighted by Crippen LogP contribution is 2.37. The van der Waals surface area contributed by atoms with E-state index in [0.717, 1.165) is 25.8 Å². The van der Waals surface area contributed by atoms with Gasteiger partial charge in [-0.2, -0.15) is 0 Å². The zero-order chi connectivity index (χ0) is 12.2. The molecule has 0 saturated heterocycles. The summed E-state index contributed by atoms with van der Waals surface area (Å²) >= 11 is 0. The lowest BCUT2D eigenvalue weighted by Crippen LogP contribution is -2.42. The molecule has 1 aliphatic rings. The first-order valence-electron chi connectivity index (χ1n) is 6.02. The molecule has 0 aromatic heterocycles. The van der Waals surface area contributed by atoms with Gasteiger partial charge in [0.25, 0.3) is 0 Å². The Hall–Kier alpha value is -0.130. The van der Waals surface area contributed by atoms with Gasteiger partial charge in [0.15, 0.2) is 0 Å². The van der Waals surface area contributed by atoms with E-state index in [1.807, 2.05) is 7.05 Å². The number of hydrogen-bond donors (Lipinski definition) is 2. The molecular formula is C11H24N2O2S. The highest BCUT2D eigenvalue weighted by molar-refractivity contribution is 7.89. The van der Waals surface area contributed by atoms with Crippen molar-refractivity contribution in [1.82, 2.24) is 10.0 Å². The molecule has 1 fully saturated rings. The monoisotopic (exact) mass is 248 g/mol. The summed E-state index contributed by atoms with van der Waals surface area (Å²) in [6.45, 7) is 5.02. The van der Waals surface area contributed by atoms with Gasteiger partial charge in [-0.15, -0.1) is 0 Å². The highest BCUT2D eigenvalue weighted by Gasteiger charge is 2.36. The van der Waals surface area contributed by atoms with Crippen LogP contribution >= 0.6 is 0 Å². The molecule has 0 amide bonds. The summed E-state index contributed by atoms with van der Waals surface area (Å²) in [5, 5.41) is 2.96. The highest BCUT2D eigenvalue weighted by atomic mass is 32.2. The largest absolute Gasteiger partial charge is 0.320 e. The molecule has 1 unspecified atom stereocenters. The fraction of sp³-hybridized carbons (Fsp3) is 1.00. The molecular weight excluding hydrogens is 224 g/mol. The molecule has 96 valence electrons. The summed E-state index contributed by atoms with van der Waals surface area (Å²) in [4.78, 5) is 0. The molecule has 1 saturated carbocycles. The Morgan fingerprint density at radius 1 is 1.38 bits per heavy atom. The number of sulfonamides is 1. The summed E-state index contributed by atoms with van der Waals surface area (Å²) in [5.41, 5.74) is 0.107. The first-order chi connectivity index (χ1) is 7.37. The van der Waals surface area contributed by atoms with Gasteiger partial charge in [0.2, 0.25) is 10.0 Å². The van der Waals surface area contributed by atoms with Gasteiger partial charge in [-0.25, -0.2) is 13.1 Å². The fourth-order valence-corrected chi connectivity index (χ4v) is 3.77. The Bertz CT molecular complexity index is 312. The molecule has 2 N–H and O–H groups in total. The number of nitrogens with one attached hydrogen (secondary N) is 2. The minimum absolute atomic E-state index is 0.107. The van der Waals surface area contributed by atoms with Crippen molar-refractivity contribution >= 4 is 10.0 Å². The lowest BCUT2D eigenvalue weighted by molar-refractivity contribution is 0.313. The normalized spacial score (nSPS) is 24.8. The summed E-state index contributed by atoms with van der Waals surface area (Å²) < 4.78 is 26.5. The molecule has 4 nitrogen and oxygen atoms in total. The molecule has 16 heavy (non-hydrogen) atoms. The molecule has 1 rings (SSSR count). The number of rotatable bonds is 6. The molecule has 0 aliphatic heterocycles. The van der Waals surface area contributed by atoms with E-state index in [1.54, 1.807) is 0 Å².